The Labute approximate surface area is 303 Å². The molecule has 1 heterocycles. The molecule has 0 aliphatic heterocycles. The van der Waals surface area contributed by atoms with Crippen molar-refractivity contribution in [2.45, 2.75) is 0 Å². The molecule has 2 nitrogen and oxygen atoms in total. The zero-order valence-corrected chi connectivity index (χ0v) is 28.5. The number of anilines is 3. The van der Waals surface area contributed by atoms with Crippen LogP contribution < -0.4 is 4.90 Å². The van der Waals surface area contributed by atoms with Crippen LogP contribution in [0.2, 0.25) is 0 Å². The molecule has 0 radical (unpaired) electrons. The molecule has 0 amide bonds. The van der Waals surface area contributed by atoms with Crippen molar-refractivity contribution in [3.8, 4) is 27.9 Å². The Morgan fingerprint density at radius 3 is 1.56 bits per heavy atom. The first-order chi connectivity index (χ1) is 25.8. The molecule has 0 saturated heterocycles. The average Bonchev–Trinajstić information content (AvgIpc) is 3.54. The second-order valence-corrected chi connectivity index (χ2v) is 13.4. The number of nitrogens with zero attached hydrogens (tertiary/aromatic N) is 2. The van der Waals surface area contributed by atoms with Crippen LogP contribution in [0.25, 0.3) is 71.3 Å². The minimum atomic E-state index is 1.12. The molecule has 0 fully saturated rings. The topological polar surface area (TPSA) is 8.17 Å². The second-order valence-electron chi connectivity index (χ2n) is 13.4. The first-order valence-electron chi connectivity index (χ1n) is 17.8. The van der Waals surface area contributed by atoms with Gasteiger partial charge in [-0.05, 0) is 117 Å². The highest BCUT2D eigenvalue weighted by Crippen LogP contribution is 2.38. The van der Waals surface area contributed by atoms with E-state index in [9.17, 15) is 0 Å². The summed E-state index contributed by atoms with van der Waals surface area (Å²) >= 11 is 0. The molecule has 0 spiro atoms. The molecule has 0 aliphatic carbocycles. The van der Waals surface area contributed by atoms with E-state index in [1.807, 2.05) is 0 Å². The van der Waals surface area contributed by atoms with Crippen molar-refractivity contribution in [3.63, 3.8) is 0 Å². The van der Waals surface area contributed by atoms with Crippen LogP contribution in [0, 0.1) is 0 Å². The maximum atomic E-state index is 2.42. The van der Waals surface area contributed by atoms with Crippen LogP contribution >= 0.6 is 0 Å². The molecule has 1 aromatic heterocycles. The molecule has 0 bridgehead atoms. The van der Waals surface area contributed by atoms with Gasteiger partial charge in [0.2, 0.25) is 0 Å². The fourth-order valence-electron chi connectivity index (χ4n) is 7.75. The normalized spacial score (nSPS) is 11.5. The maximum Gasteiger partial charge on any atom is 0.0547 e. The van der Waals surface area contributed by atoms with Crippen LogP contribution in [0.5, 0.6) is 0 Å². The van der Waals surface area contributed by atoms with Crippen LogP contribution in [-0.4, -0.2) is 4.57 Å². The van der Waals surface area contributed by atoms with E-state index in [-0.39, 0.29) is 0 Å². The van der Waals surface area contributed by atoms with Crippen LogP contribution in [0.4, 0.5) is 17.1 Å². The summed E-state index contributed by atoms with van der Waals surface area (Å²) in [5.41, 5.74) is 11.8. The Morgan fingerprint density at radius 2 is 0.827 bits per heavy atom. The lowest BCUT2D eigenvalue weighted by Gasteiger charge is -2.26. The first-order valence-corrected chi connectivity index (χ1v) is 17.8. The van der Waals surface area contributed by atoms with Gasteiger partial charge in [-0.1, -0.05) is 133 Å². The highest BCUT2D eigenvalue weighted by molar-refractivity contribution is 6.13. The number of para-hydroxylation sites is 2. The fraction of sp³-hybridized carbons (Fsp3) is 0. The van der Waals surface area contributed by atoms with E-state index < -0.39 is 0 Å². The Kier molecular flexibility index (Phi) is 7.18. The van der Waals surface area contributed by atoms with Crippen molar-refractivity contribution in [1.82, 2.24) is 4.57 Å². The molecule has 0 saturated carbocycles. The van der Waals surface area contributed by atoms with Crippen LogP contribution in [0.1, 0.15) is 0 Å². The van der Waals surface area contributed by atoms with Crippen molar-refractivity contribution < 1.29 is 0 Å². The van der Waals surface area contributed by atoms with Gasteiger partial charge in [0.25, 0.3) is 0 Å². The number of aromatic nitrogens is 1. The van der Waals surface area contributed by atoms with E-state index in [2.05, 4.69) is 216 Å². The Morgan fingerprint density at radius 1 is 0.288 bits per heavy atom. The van der Waals surface area contributed by atoms with Gasteiger partial charge in [0.15, 0.2) is 0 Å². The monoisotopic (exact) mass is 662 g/mol. The van der Waals surface area contributed by atoms with E-state index in [1.165, 1.54) is 71.3 Å². The van der Waals surface area contributed by atoms with E-state index in [4.69, 9.17) is 0 Å². The molecule has 9 aromatic carbocycles. The van der Waals surface area contributed by atoms with Crippen LogP contribution in [0.15, 0.2) is 206 Å². The van der Waals surface area contributed by atoms with Crippen molar-refractivity contribution in [2.75, 3.05) is 4.90 Å². The predicted molar refractivity (Wildman–Crippen MR) is 221 cm³/mol. The Bertz CT molecular complexity index is 2870. The Hall–Kier alpha value is -6.90. The molecule has 52 heavy (non-hydrogen) atoms. The number of fused-ring (bicyclic) bond motifs is 5. The summed E-state index contributed by atoms with van der Waals surface area (Å²) < 4.78 is 2.42. The third-order valence-corrected chi connectivity index (χ3v) is 10.3. The van der Waals surface area contributed by atoms with Gasteiger partial charge in [-0.3, -0.25) is 0 Å². The number of rotatable bonds is 6. The molecular weight excluding hydrogens is 629 g/mol. The van der Waals surface area contributed by atoms with E-state index in [0.29, 0.717) is 0 Å². The first kappa shape index (κ1) is 30.0. The standard InChI is InChI=1S/C50H34N2/c1-3-11-35(12-4-1)36-21-26-44(27-22-36)51(43-15-5-2-6-16-43)45-28-23-37(24-29-45)41-20-19-38-25-30-46(32-42(38)31-41)52-49-18-10-9-17-47(49)48-33-39-13-7-8-14-40(39)34-50(48)52/h1-34H. The van der Waals surface area contributed by atoms with Crippen molar-refractivity contribution in [2.24, 2.45) is 0 Å². The summed E-state index contributed by atoms with van der Waals surface area (Å²) in [5.74, 6) is 0. The van der Waals surface area contributed by atoms with Gasteiger partial charge in [-0.2, -0.15) is 0 Å². The molecule has 10 rings (SSSR count). The third kappa shape index (κ3) is 5.21. The minimum Gasteiger partial charge on any atom is -0.311 e. The molecule has 0 atom stereocenters. The lowest BCUT2D eigenvalue weighted by molar-refractivity contribution is 1.19. The van der Waals surface area contributed by atoms with Crippen molar-refractivity contribution in [1.29, 1.82) is 0 Å². The van der Waals surface area contributed by atoms with Gasteiger partial charge in [0.1, 0.15) is 0 Å². The summed E-state index contributed by atoms with van der Waals surface area (Å²) in [4.78, 5) is 2.32. The highest BCUT2D eigenvalue weighted by atomic mass is 15.1. The molecule has 244 valence electrons. The van der Waals surface area contributed by atoms with Gasteiger partial charge in [0, 0.05) is 33.5 Å². The van der Waals surface area contributed by atoms with Crippen LogP contribution in [0.3, 0.4) is 0 Å². The fourth-order valence-corrected chi connectivity index (χ4v) is 7.75. The van der Waals surface area contributed by atoms with Gasteiger partial charge in [-0.25, -0.2) is 0 Å². The zero-order valence-electron chi connectivity index (χ0n) is 28.5. The molecule has 0 N–H and O–H groups in total. The predicted octanol–water partition coefficient (Wildman–Crippen LogP) is 13.9. The largest absolute Gasteiger partial charge is 0.311 e. The zero-order chi connectivity index (χ0) is 34.4. The van der Waals surface area contributed by atoms with Gasteiger partial charge < -0.3 is 9.47 Å². The summed E-state index contributed by atoms with van der Waals surface area (Å²) in [5, 5.41) is 7.51. The summed E-state index contributed by atoms with van der Waals surface area (Å²) in [6.07, 6.45) is 0. The highest BCUT2D eigenvalue weighted by Gasteiger charge is 2.15. The van der Waals surface area contributed by atoms with Crippen molar-refractivity contribution in [3.05, 3.63) is 206 Å². The molecule has 10 aromatic rings. The van der Waals surface area contributed by atoms with Crippen LogP contribution in [-0.2, 0) is 0 Å². The number of hydrogen-bond acceptors (Lipinski definition) is 1. The lowest BCUT2D eigenvalue weighted by atomic mass is 10.00. The molecule has 0 aliphatic rings. The van der Waals surface area contributed by atoms with Gasteiger partial charge in [0.05, 0.1) is 11.0 Å². The quantitative estimate of drug-likeness (QED) is 0.172. The maximum absolute atomic E-state index is 2.42. The number of hydrogen-bond donors (Lipinski definition) is 0. The average molecular weight is 663 g/mol. The minimum absolute atomic E-state index is 1.12. The Balaban J connectivity index is 1.03. The third-order valence-electron chi connectivity index (χ3n) is 10.3. The van der Waals surface area contributed by atoms with Crippen molar-refractivity contribution >= 4 is 60.4 Å². The summed E-state index contributed by atoms with van der Waals surface area (Å²) in [6.45, 7) is 0. The molecular formula is C50H34N2. The van der Waals surface area contributed by atoms with Gasteiger partial charge >= 0.3 is 0 Å². The van der Waals surface area contributed by atoms with E-state index >= 15 is 0 Å². The van der Waals surface area contributed by atoms with E-state index in [1.54, 1.807) is 0 Å². The molecule has 0 unspecified atom stereocenters. The summed E-state index contributed by atoms with van der Waals surface area (Å²) in [7, 11) is 0. The smallest absolute Gasteiger partial charge is 0.0547 e. The van der Waals surface area contributed by atoms with Gasteiger partial charge in [-0.15, -0.1) is 0 Å². The molecule has 2 heteroatoms. The lowest BCUT2D eigenvalue weighted by Crippen LogP contribution is -2.09. The number of benzene rings is 9. The SMILES string of the molecule is c1ccc(-c2ccc(N(c3ccccc3)c3ccc(-c4ccc5ccc(-n6c7ccccc7c7cc8ccccc8cc76)cc5c4)cc3)cc2)cc1. The summed E-state index contributed by atoms with van der Waals surface area (Å²) in [6, 6.07) is 74.6. The second kappa shape index (κ2) is 12.5. The van der Waals surface area contributed by atoms with E-state index in [0.717, 1.165) is 17.1 Å².